The first-order chi connectivity index (χ1) is 8.61. The standard InChI is InChI=1S/C13H17FN2O2/c14-11-6-9(4-5-12(11)17)16-13(18)10-3-1-2-8(10)7-15/h4-6,8,10,17H,1-3,7,15H2,(H,16,18). The van der Waals surface area contributed by atoms with E-state index in [2.05, 4.69) is 5.32 Å². The number of hydrogen-bond donors (Lipinski definition) is 3. The van der Waals surface area contributed by atoms with Gasteiger partial charge in [0.2, 0.25) is 5.91 Å². The lowest BCUT2D eigenvalue weighted by Gasteiger charge is -2.17. The van der Waals surface area contributed by atoms with E-state index in [1.54, 1.807) is 0 Å². The van der Waals surface area contributed by atoms with Gasteiger partial charge in [-0.2, -0.15) is 0 Å². The Morgan fingerprint density at radius 3 is 2.94 bits per heavy atom. The Labute approximate surface area is 105 Å². The maximum Gasteiger partial charge on any atom is 0.227 e. The van der Waals surface area contributed by atoms with Crippen LogP contribution in [0.25, 0.3) is 0 Å². The molecule has 18 heavy (non-hydrogen) atoms. The zero-order valence-electron chi connectivity index (χ0n) is 10.0. The molecule has 2 atom stereocenters. The molecule has 1 aromatic carbocycles. The average Bonchev–Trinajstić information content (AvgIpc) is 2.82. The molecule has 4 N–H and O–H groups in total. The number of nitrogens with one attached hydrogen (secondary N) is 1. The Balaban J connectivity index is 2.04. The van der Waals surface area contributed by atoms with E-state index in [4.69, 9.17) is 10.8 Å². The molecule has 2 unspecified atom stereocenters. The van der Waals surface area contributed by atoms with Gasteiger partial charge >= 0.3 is 0 Å². The molecule has 1 aliphatic rings. The predicted octanol–water partition coefficient (Wildman–Crippen LogP) is 1.84. The fourth-order valence-electron chi connectivity index (χ4n) is 2.48. The van der Waals surface area contributed by atoms with Crippen molar-refractivity contribution in [2.45, 2.75) is 19.3 Å². The number of aromatic hydroxyl groups is 1. The summed E-state index contributed by atoms with van der Waals surface area (Å²) in [7, 11) is 0. The highest BCUT2D eigenvalue weighted by atomic mass is 19.1. The molecule has 0 aliphatic heterocycles. The molecule has 4 nitrogen and oxygen atoms in total. The molecule has 0 aromatic heterocycles. The average molecular weight is 252 g/mol. The molecule has 1 aromatic rings. The summed E-state index contributed by atoms with van der Waals surface area (Å²) in [4.78, 5) is 12.0. The van der Waals surface area contributed by atoms with E-state index >= 15 is 0 Å². The number of rotatable bonds is 3. The molecular formula is C13H17FN2O2. The van der Waals surface area contributed by atoms with Crippen LogP contribution < -0.4 is 11.1 Å². The van der Waals surface area contributed by atoms with Crippen LogP contribution in [0.15, 0.2) is 18.2 Å². The number of anilines is 1. The largest absolute Gasteiger partial charge is 0.505 e. The number of carbonyl (C=O) groups is 1. The summed E-state index contributed by atoms with van der Waals surface area (Å²) >= 11 is 0. The summed E-state index contributed by atoms with van der Waals surface area (Å²) in [5, 5.41) is 11.7. The van der Waals surface area contributed by atoms with Crippen molar-refractivity contribution in [3.05, 3.63) is 24.0 Å². The van der Waals surface area contributed by atoms with Gasteiger partial charge in [-0.1, -0.05) is 6.42 Å². The smallest absolute Gasteiger partial charge is 0.227 e. The van der Waals surface area contributed by atoms with Gasteiger partial charge in [-0.3, -0.25) is 4.79 Å². The molecule has 0 bridgehead atoms. The highest BCUT2D eigenvalue weighted by Gasteiger charge is 2.31. The minimum atomic E-state index is -0.741. The molecule has 0 saturated heterocycles. The SMILES string of the molecule is NCC1CCCC1C(=O)Nc1ccc(O)c(F)c1. The highest BCUT2D eigenvalue weighted by Crippen LogP contribution is 2.32. The summed E-state index contributed by atoms with van der Waals surface area (Å²) in [5.74, 6) is -1.16. The van der Waals surface area contributed by atoms with Gasteiger partial charge in [0.1, 0.15) is 0 Å². The van der Waals surface area contributed by atoms with Crippen molar-refractivity contribution < 1.29 is 14.3 Å². The van der Waals surface area contributed by atoms with Crippen molar-refractivity contribution >= 4 is 11.6 Å². The second-order valence-corrected chi connectivity index (χ2v) is 4.69. The Morgan fingerprint density at radius 2 is 2.28 bits per heavy atom. The van der Waals surface area contributed by atoms with Gasteiger partial charge in [-0.15, -0.1) is 0 Å². The van der Waals surface area contributed by atoms with E-state index in [1.165, 1.54) is 12.1 Å². The minimum Gasteiger partial charge on any atom is -0.505 e. The number of hydrogen-bond acceptors (Lipinski definition) is 3. The first-order valence-electron chi connectivity index (χ1n) is 6.11. The van der Waals surface area contributed by atoms with Gasteiger partial charge in [0, 0.05) is 17.7 Å². The summed E-state index contributed by atoms with van der Waals surface area (Å²) in [6.07, 6.45) is 2.80. The Kier molecular flexibility index (Phi) is 3.81. The molecular weight excluding hydrogens is 235 g/mol. The van der Waals surface area contributed by atoms with Crippen molar-refractivity contribution in [3.8, 4) is 5.75 Å². The first kappa shape index (κ1) is 12.8. The third-order valence-corrected chi connectivity index (χ3v) is 3.51. The lowest BCUT2D eigenvalue weighted by atomic mass is 9.95. The molecule has 1 aliphatic carbocycles. The number of benzene rings is 1. The van der Waals surface area contributed by atoms with Crippen LogP contribution >= 0.6 is 0 Å². The normalized spacial score (nSPS) is 23.0. The van der Waals surface area contributed by atoms with Crippen LogP contribution in [0.4, 0.5) is 10.1 Å². The van der Waals surface area contributed by atoms with E-state index in [0.717, 1.165) is 25.3 Å². The Hall–Kier alpha value is -1.62. The zero-order valence-corrected chi connectivity index (χ0v) is 10.0. The molecule has 0 radical (unpaired) electrons. The summed E-state index contributed by atoms with van der Waals surface area (Å²) in [6.45, 7) is 0.502. The minimum absolute atomic E-state index is 0.0909. The molecule has 1 saturated carbocycles. The molecule has 0 heterocycles. The van der Waals surface area contributed by atoms with Crippen molar-refractivity contribution in [1.82, 2.24) is 0 Å². The summed E-state index contributed by atoms with van der Waals surface area (Å²) in [5.41, 5.74) is 5.99. The van der Waals surface area contributed by atoms with E-state index in [9.17, 15) is 9.18 Å². The maximum absolute atomic E-state index is 13.1. The van der Waals surface area contributed by atoms with Crippen molar-refractivity contribution in [1.29, 1.82) is 0 Å². The summed E-state index contributed by atoms with van der Waals surface area (Å²) in [6, 6.07) is 3.81. The third kappa shape index (κ3) is 2.61. The number of amides is 1. The second kappa shape index (κ2) is 5.35. The number of phenolic OH excluding ortho intramolecular Hbond substituents is 1. The number of halogens is 1. The zero-order chi connectivity index (χ0) is 13.1. The number of carbonyl (C=O) groups excluding carboxylic acids is 1. The van der Waals surface area contributed by atoms with E-state index in [1.807, 2.05) is 0 Å². The van der Waals surface area contributed by atoms with Gasteiger partial charge < -0.3 is 16.2 Å². The van der Waals surface area contributed by atoms with Gasteiger partial charge in [-0.05, 0) is 37.4 Å². The van der Waals surface area contributed by atoms with Gasteiger partial charge in [-0.25, -0.2) is 4.39 Å². The fraction of sp³-hybridized carbons (Fsp3) is 0.462. The molecule has 0 spiro atoms. The van der Waals surface area contributed by atoms with Crippen LogP contribution in [0.2, 0.25) is 0 Å². The van der Waals surface area contributed by atoms with Crippen molar-refractivity contribution in [3.63, 3.8) is 0 Å². The fourth-order valence-corrected chi connectivity index (χ4v) is 2.48. The molecule has 1 fully saturated rings. The van der Waals surface area contributed by atoms with Crippen LogP contribution in [0.3, 0.4) is 0 Å². The monoisotopic (exact) mass is 252 g/mol. The van der Waals surface area contributed by atoms with Gasteiger partial charge in [0.15, 0.2) is 11.6 Å². The molecule has 1 amide bonds. The quantitative estimate of drug-likeness (QED) is 0.718. The molecule has 5 heteroatoms. The van der Waals surface area contributed by atoms with Crippen LogP contribution in [-0.2, 0) is 4.79 Å². The van der Waals surface area contributed by atoms with Gasteiger partial charge in [0.05, 0.1) is 0 Å². The van der Waals surface area contributed by atoms with Gasteiger partial charge in [0.25, 0.3) is 0 Å². The lowest BCUT2D eigenvalue weighted by Crippen LogP contribution is -2.29. The summed E-state index contributed by atoms with van der Waals surface area (Å²) < 4.78 is 13.1. The number of phenols is 1. The predicted molar refractivity (Wildman–Crippen MR) is 66.6 cm³/mol. The lowest BCUT2D eigenvalue weighted by molar-refractivity contribution is -0.120. The Morgan fingerprint density at radius 1 is 1.50 bits per heavy atom. The topological polar surface area (TPSA) is 75.4 Å². The second-order valence-electron chi connectivity index (χ2n) is 4.69. The molecule has 2 rings (SSSR count). The van der Waals surface area contributed by atoms with E-state index in [0.29, 0.717) is 12.2 Å². The van der Waals surface area contributed by atoms with Crippen LogP contribution in [0.5, 0.6) is 5.75 Å². The van der Waals surface area contributed by atoms with Crippen molar-refractivity contribution in [2.75, 3.05) is 11.9 Å². The molecule has 98 valence electrons. The Bertz CT molecular complexity index is 451. The van der Waals surface area contributed by atoms with Crippen LogP contribution in [0, 0.1) is 17.7 Å². The van der Waals surface area contributed by atoms with Crippen LogP contribution in [-0.4, -0.2) is 17.6 Å². The third-order valence-electron chi connectivity index (χ3n) is 3.51. The van der Waals surface area contributed by atoms with Crippen molar-refractivity contribution in [2.24, 2.45) is 17.6 Å². The maximum atomic E-state index is 13.1. The van der Waals surface area contributed by atoms with Crippen LogP contribution in [0.1, 0.15) is 19.3 Å². The highest BCUT2D eigenvalue weighted by molar-refractivity contribution is 5.93. The first-order valence-corrected chi connectivity index (χ1v) is 6.11. The number of nitrogens with two attached hydrogens (primary N) is 1. The van der Waals surface area contributed by atoms with E-state index in [-0.39, 0.29) is 17.7 Å². The van der Waals surface area contributed by atoms with E-state index < -0.39 is 11.6 Å².